The molecular formula is C12H9ClN2O2. The second-order valence-electron chi connectivity index (χ2n) is 3.34. The van der Waals surface area contributed by atoms with E-state index in [0.29, 0.717) is 16.5 Å². The monoisotopic (exact) mass is 248 g/mol. The predicted octanol–water partition coefficient (Wildman–Crippen LogP) is 3.18. The van der Waals surface area contributed by atoms with Gasteiger partial charge in [-0.05, 0) is 24.3 Å². The van der Waals surface area contributed by atoms with E-state index in [9.17, 15) is 4.79 Å². The van der Waals surface area contributed by atoms with Crippen molar-refractivity contribution >= 4 is 29.1 Å². The van der Waals surface area contributed by atoms with Crippen LogP contribution in [0.4, 0.5) is 11.5 Å². The third kappa shape index (κ3) is 2.73. The van der Waals surface area contributed by atoms with Gasteiger partial charge in [0.25, 0.3) is 0 Å². The molecule has 0 amide bonds. The fraction of sp³-hybridized carbons (Fsp3) is 0. The molecule has 86 valence electrons. The molecule has 0 bridgehead atoms. The van der Waals surface area contributed by atoms with Crippen molar-refractivity contribution in [3.8, 4) is 0 Å². The largest absolute Gasteiger partial charge is 0.478 e. The highest BCUT2D eigenvalue weighted by atomic mass is 35.5. The predicted molar refractivity (Wildman–Crippen MR) is 65.9 cm³/mol. The zero-order chi connectivity index (χ0) is 12.3. The summed E-state index contributed by atoms with van der Waals surface area (Å²) < 4.78 is 0. The number of carboxylic acid groups (broad SMARTS) is 1. The molecule has 0 aliphatic heterocycles. The van der Waals surface area contributed by atoms with Crippen molar-refractivity contribution < 1.29 is 9.90 Å². The normalized spacial score (nSPS) is 9.94. The van der Waals surface area contributed by atoms with Gasteiger partial charge in [-0.2, -0.15) is 0 Å². The molecule has 0 aliphatic rings. The van der Waals surface area contributed by atoms with Crippen LogP contribution in [0.3, 0.4) is 0 Å². The van der Waals surface area contributed by atoms with E-state index in [-0.39, 0.29) is 5.56 Å². The van der Waals surface area contributed by atoms with Gasteiger partial charge in [0.05, 0.1) is 16.3 Å². The minimum atomic E-state index is -0.991. The van der Waals surface area contributed by atoms with Crippen molar-refractivity contribution in [3.05, 3.63) is 53.2 Å². The Morgan fingerprint density at radius 2 is 2.06 bits per heavy atom. The molecule has 0 saturated heterocycles. The van der Waals surface area contributed by atoms with Crippen LogP contribution in [0, 0.1) is 0 Å². The second kappa shape index (κ2) is 4.84. The van der Waals surface area contributed by atoms with E-state index in [1.807, 2.05) is 12.1 Å². The van der Waals surface area contributed by atoms with Gasteiger partial charge in [-0.15, -0.1) is 0 Å². The first-order valence-corrected chi connectivity index (χ1v) is 5.25. The molecule has 4 nitrogen and oxygen atoms in total. The second-order valence-corrected chi connectivity index (χ2v) is 3.75. The smallest absolute Gasteiger partial charge is 0.335 e. The topological polar surface area (TPSA) is 62.2 Å². The van der Waals surface area contributed by atoms with E-state index in [0.717, 1.165) is 0 Å². The first-order chi connectivity index (χ1) is 8.16. The number of para-hydroxylation sites is 1. The minimum Gasteiger partial charge on any atom is -0.478 e. The molecule has 2 aromatic rings. The van der Waals surface area contributed by atoms with E-state index in [2.05, 4.69) is 10.3 Å². The Labute approximate surface area is 103 Å². The Morgan fingerprint density at radius 3 is 2.76 bits per heavy atom. The molecule has 5 heteroatoms. The molecule has 2 N–H and O–H groups in total. The van der Waals surface area contributed by atoms with E-state index in [1.54, 1.807) is 12.1 Å². The quantitative estimate of drug-likeness (QED) is 0.876. The van der Waals surface area contributed by atoms with E-state index in [1.165, 1.54) is 18.3 Å². The van der Waals surface area contributed by atoms with Crippen molar-refractivity contribution in [2.24, 2.45) is 0 Å². The van der Waals surface area contributed by atoms with Crippen LogP contribution in [0.25, 0.3) is 0 Å². The molecule has 0 aliphatic carbocycles. The van der Waals surface area contributed by atoms with Gasteiger partial charge >= 0.3 is 5.97 Å². The number of aromatic carboxylic acids is 1. The van der Waals surface area contributed by atoms with Gasteiger partial charge < -0.3 is 10.4 Å². The van der Waals surface area contributed by atoms with E-state index < -0.39 is 5.97 Å². The third-order valence-corrected chi connectivity index (χ3v) is 2.47. The van der Waals surface area contributed by atoms with Crippen molar-refractivity contribution in [1.29, 1.82) is 0 Å². The molecule has 2 rings (SSSR count). The van der Waals surface area contributed by atoms with Gasteiger partial charge in [0.15, 0.2) is 0 Å². The van der Waals surface area contributed by atoms with Crippen molar-refractivity contribution in [2.45, 2.75) is 0 Å². The summed E-state index contributed by atoms with van der Waals surface area (Å²) in [7, 11) is 0. The van der Waals surface area contributed by atoms with Crippen molar-refractivity contribution in [1.82, 2.24) is 4.98 Å². The molecular weight excluding hydrogens is 240 g/mol. The fourth-order valence-electron chi connectivity index (χ4n) is 1.33. The Balaban J connectivity index is 2.28. The lowest BCUT2D eigenvalue weighted by atomic mass is 10.2. The Morgan fingerprint density at radius 1 is 1.29 bits per heavy atom. The fourth-order valence-corrected chi connectivity index (χ4v) is 1.52. The van der Waals surface area contributed by atoms with Crippen LogP contribution >= 0.6 is 11.6 Å². The number of carboxylic acids is 1. The lowest BCUT2D eigenvalue weighted by Crippen LogP contribution is -2.00. The number of nitrogens with zero attached hydrogens (tertiary/aromatic N) is 1. The summed E-state index contributed by atoms with van der Waals surface area (Å²) in [6, 6.07) is 10.1. The Bertz CT molecular complexity index is 558. The number of hydrogen-bond donors (Lipinski definition) is 2. The maximum Gasteiger partial charge on any atom is 0.335 e. The lowest BCUT2D eigenvalue weighted by Gasteiger charge is -2.07. The van der Waals surface area contributed by atoms with Gasteiger partial charge in [0.1, 0.15) is 5.82 Å². The molecule has 0 unspecified atom stereocenters. The van der Waals surface area contributed by atoms with Crippen LogP contribution < -0.4 is 5.32 Å². The third-order valence-electron chi connectivity index (χ3n) is 2.14. The van der Waals surface area contributed by atoms with Crippen LogP contribution in [-0.2, 0) is 0 Å². The molecule has 0 spiro atoms. The number of aromatic nitrogens is 1. The van der Waals surface area contributed by atoms with Crippen molar-refractivity contribution in [2.75, 3.05) is 5.32 Å². The number of halogens is 1. The highest BCUT2D eigenvalue weighted by molar-refractivity contribution is 6.33. The van der Waals surface area contributed by atoms with Crippen LogP contribution in [0.15, 0.2) is 42.6 Å². The average Bonchev–Trinajstić information content (AvgIpc) is 2.32. The molecule has 1 aromatic heterocycles. The van der Waals surface area contributed by atoms with Gasteiger partial charge in [-0.1, -0.05) is 23.7 Å². The number of benzene rings is 1. The summed E-state index contributed by atoms with van der Waals surface area (Å²) in [6.07, 6.45) is 1.43. The number of rotatable bonds is 3. The number of pyridine rings is 1. The molecule has 0 atom stereocenters. The highest BCUT2D eigenvalue weighted by Crippen LogP contribution is 2.23. The van der Waals surface area contributed by atoms with Crippen molar-refractivity contribution in [3.63, 3.8) is 0 Å². The molecule has 0 fully saturated rings. The highest BCUT2D eigenvalue weighted by Gasteiger charge is 2.05. The zero-order valence-electron chi connectivity index (χ0n) is 8.72. The minimum absolute atomic E-state index is 0.176. The van der Waals surface area contributed by atoms with Gasteiger partial charge in [0, 0.05) is 6.20 Å². The summed E-state index contributed by atoms with van der Waals surface area (Å²) in [5.74, 6) is -0.549. The van der Waals surface area contributed by atoms with Crippen LogP contribution in [0.1, 0.15) is 10.4 Å². The van der Waals surface area contributed by atoms with Gasteiger partial charge in [-0.3, -0.25) is 0 Å². The first-order valence-electron chi connectivity index (χ1n) is 4.88. The first kappa shape index (κ1) is 11.4. The number of nitrogens with one attached hydrogen (secondary N) is 1. The molecule has 0 saturated carbocycles. The zero-order valence-corrected chi connectivity index (χ0v) is 9.48. The molecule has 1 heterocycles. The maximum atomic E-state index is 10.8. The number of hydrogen-bond acceptors (Lipinski definition) is 3. The Kier molecular flexibility index (Phi) is 3.25. The lowest BCUT2D eigenvalue weighted by molar-refractivity contribution is 0.0697. The summed E-state index contributed by atoms with van der Waals surface area (Å²) in [4.78, 5) is 14.8. The average molecular weight is 249 g/mol. The van der Waals surface area contributed by atoms with Crippen LogP contribution in [0.5, 0.6) is 0 Å². The van der Waals surface area contributed by atoms with E-state index >= 15 is 0 Å². The Hall–Kier alpha value is -2.07. The molecule has 0 radical (unpaired) electrons. The van der Waals surface area contributed by atoms with Gasteiger partial charge in [0.2, 0.25) is 0 Å². The van der Waals surface area contributed by atoms with E-state index in [4.69, 9.17) is 16.7 Å². The maximum absolute atomic E-state index is 10.8. The van der Waals surface area contributed by atoms with Gasteiger partial charge in [-0.25, -0.2) is 9.78 Å². The number of anilines is 2. The summed E-state index contributed by atoms with van der Waals surface area (Å²) in [5, 5.41) is 12.4. The summed E-state index contributed by atoms with van der Waals surface area (Å²) in [5.41, 5.74) is 0.860. The molecule has 1 aromatic carbocycles. The van der Waals surface area contributed by atoms with Crippen LogP contribution in [-0.4, -0.2) is 16.1 Å². The summed E-state index contributed by atoms with van der Waals surface area (Å²) >= 11 is 5.97. The number of carbonyl (C=O) groups is 1. The SMILES string of the molecule is O=C(O)c1ccnc(Nc2ccccc2Cl)c1. The van der Waals surface area contributed by atoms with Crippen LogP contribution in [0.2, 0.25) is 5.02 Å². The summed E-state index contributed by atoms with van der Waals surface area (Å²) in [6.45, 7) is 0. The molecule has 17 heavy (non-hydrogen) atoms. The standard InChI is InChI=1S/C12H9ClN2O2/c13-9-3-1-2-4-10(9)15-11-7-8(12(16)17)5-6-14-11/h1-7H,(H,14,15)(H,16,17).